The maximum Gasteiger partial charge on any atom is 0.226 e. The van der Waals surface area contributed by atoms with E-state index in [-0.39, 0.29) is 5.41 Å². The SMILES string of the molecule is COc1nccc2nc(-c3ccc(C(C)(C)C)cc3C)cc(OCc3ccccc3)c12. The average molecular weight is 413 g/mol. The minimum absolute atomic E-state index is 0.100. The van der Waals surface area contributed by atoms with E-state index in [0.29, 0.717) is 18.2 Å². The fraction of sp³-hybridized carbons (Fsp3) is 0.259. The first-order chi connectivity index (χ1) is 14.9. The lowest BCUT2D eigenvalue weighted by molar-refractivity contribution is 0.308. The molecule has 0 N–H and O–H groups in total. The number of fused-ring (bicyclic) bond motifs is 1. The predicted octanol–water partition coefficient (Wildman–Crippen LogP) is 6.49. The summed E-state index contributed by atoms with van der Waals surface area (Å²) < 4.78 is 11.8. The quantitative estimate of drug-likeness (QED) is 0.376. The summed E-state index contributed by atoms with van der Waals surface area (Å²) in [6, 6.07) is 20.6. The molecule has 0 aliphatic rings. The van der Waals surface area contributed by atoms with Crippen molar-refractivity contribution in [2.75, 3.05) is 7.11 Å². The smallest absolute Gasteiger partial charge is 0.226 e. The summed E-state index contributed by atoms with van der Waals surface area (Å²) in [6.07, 6.45) is 1.72. The van der Waals surface area contributed by atoms with Crippen molar-refractivity contribution < 1.29 is 9.47 Å². The van der Waals surface area contributed by atoms with Crippen LogP contribution in [0.25, 0.3) is 22.2 Å². The van der Waals surface area contributed by atoms with Crippen LogP contribution in [0.5, 0.6) is 11.6 Å². The standard InChI is InChI=1S/C27H28N2O2/c1-18-15-20(27(2,3)4)11-12-21(18)23-16-24(31-17-19-9-7-6-8-10-19)25-22(29-23)13-14-28-26(25)30-5/h6-16H,17H2,1-5H3. The number of ether oxygens (including phenoxy) is 2. The lowest BCUT2D eigenvalue weighted by atomic mass is 9.85. The zero-order chi connectivity index (χ0) is 22.0. The van der Waals surface area contributed by atoms with Gasteiger partial charge in [0.1, 0.15) is 17.7 Å². The zero-order valence-electron chi connectivity index (χ0n) is 18.8. The second-order valence-electron chi connectivity index (χ2n) is 8.77. The Hall–Kier alpha value is -3.40. The van der Waals surface area contributed by atoms with E-state index in [9.17, 15) is 0 Å². The van der Waals surface area contributed by atoms with Gasteiger partial charge in [-0.3, -0.25) is 0 Å². The van der Waals surface area contributed by atoms with Crippen molar-refractivity contribution in [3.05, 3.63) is 83.6 Å². The Kier molecular flexibility index (Phi) is 5.64. The van der Waals surface area contributed by atoms with Crippen LogP contribution in [-0.2, 0) is 12.0 Å². The number of methoxy groups -OCH3 is 1. The Labute approximate surface area is 183 Å². The van der Waals surface area contributed by atoms with Gasteiger partial charge in [-0.05, 0) is 35.1 Å². The lowest BCUT2D eigenvalue weighted by Gasteiger charge is -2.21. The fourth-order valence-corrected chi connectivity index (χ4v) is 3.68. The molecule has 2 aromatic heterocycles. The van der Waals surface area contributed by atoms with Crippen LogP contribution in [0.4, 0.5) is 0 Å². The van der Waals surface area contributed by atoms with Crippen molar-refractivity contribution in [2.45, 2.75) is 39.7 Å². The van der Waals surface area contributed by atoms with Crippen LogP contribution in [0.15, 0.2) is 66.9 Å². The van der Waals surface area contributed by atoms with Crippen LogP contribution in [0.3, 0.4) is 0 Å². The van der Waals surface area contributed by atoms with E-state index >= 15 is 0 Å². The van der Waals surface area contributed by atoms with Gasteiger partial charge in [0.05, 0.1) is 18.3 Å². The first kappa shape index (κ1) is 20.9. The molecular formula is C27H28N2O2. The number of benzene rings is 2. The molecule has 0 bridgehead atoms. The maximum atomic E-state index is 6.27. The minimum Gasteiger partial charge on any atom is -0.488 e. The largest absolute Gasteiger partial charge is 0.488 e. The summed E-state index contributed by atoms with van der Waals surface area (Å²) in [5.41, 5.74) is 6.46. The van der Waals surface area contributed by atoms with Crippen molar-refractivity contribution in [3.63, 3.8) is 0 Å². The number of pyridine rings is 2. The van der Waals surface area contributed by atoms with Crippen LogP contribution in [-0.4, -0.2) is 17.1 Å². The van der Waals surface area contributed by atoms with Gasteiger partial charge in [-0.15, -0.1) is 0 Å². The van der Waals surface area contributed by atoms with Crippen molar-refractivity contribution in [2.24, 2.45) is 0 Å². The molecule has 0 aliphatic heterocycles. The molecule has 4 rings (SSSR count). The molecule has 2 heterocycles. The average Bonchev–Trinajstić information content (AvgIpc) is 2.76. The first-order valence-electron chi connectivity index (χ1n) is 10.5. The molecule has 4 aromatic rings. The van der Waals surface area contributed by atoms with Crippen LogP contribution in [0.2, 0.25) is 0 Å². The predicted molar refractivity (Wildman–Crippen MR) is 126 cm³/mol. The normalized spacial score (nSPS) is 11.5. The number of rotatable bonds is 5. The summed E-state index contributed by atoms with van der Waals surface area (Å²) in [6.45, 7) is 9.27. The molecule has 0 saturated heterocycles. The number of aromatic nitrogens is 2. The number of hydrogen-bond donors (Lipinski definition) is 0. The Bertz CT molecular complexity index is 1210. The Morgan fingerprint density at radius 2 is 1.71 bits per heavy atom. The highest BCUT2D eigenvalue weighted by Gasteiger charge is 2.18. The topological polar surface area (TPSA) is 44.2 Å². The Balaban J connectivity index is 1.82. The molecular weight excluding hydrogens is 384 g/mol. The fourth-order valence-electron chi connectivity index (χ4n) is 3.68. The zero-order valence-corrected chi connectivity index (χ0v) is 18.8. The molecule has 0 unspecified atom stereocenters. The summed E-state index contributed by atoms with van der Waals surface area (Å²) in [5, 5.41) is 0.786. The van der Waals surface area contributed by atoms with E-state index in [1.165, 1.54) is 11.1 Å². The minimum atomic E-state index is 0.100. The van der Waals surface area contributed by atoms with Gasteiger partial charge in [-0.2, -0.15) is 0 Å². The summed E-state index contributed by atoms with van der Waals surface area (Å²) in [5.74, 6) is 1.23. The molecule has 4 nitrogen and oxygen atoms in total. The monoisotopic (exact) mass is 412 g/mol. The lowest BCUT2D eigenvalue weighted by Crippen LogP contribution is -2.11. The van der Waals surface area contributed by atoms with Crippen LogP contribution < -0.4 is 9.47 Å². The van der Waals surface area contributed by atoms with E-state index in [4.69, 9.17) is 14.5 Å². The van der Waals surface area contributed by atoms with Gasteiger partial charge in [0.2, 0.25) is 5.88 Å². The van der Waals surface area contributed by atoms with E-state index in [0.717, 1.165) is 27.7 Å². The van der Waals surface area contributed by atoms with Gasteiger partial charge in [0, 0.05) is 17.8 Å². The van der Waals surface area contributed by atoms with Crippen LogP contribution in [0.1, 0.15) is 37.5 Å². The molecule has 0 fully saturated rings. The summed E-state index contributed by atoms with van der Waals surface area (Å²) >= 11 is 0. The van der Waals surface area contributed by atoms with E-state index < -0.39 is 0 Å². The van der Waals surface area contributed by atoms with Gasteiger partial charge in [-0.25, -0.2) is 9.97 Å². The second kappa shape index (κ2) is 8.38. The second-order valence-corrected chi connectivity index (χ2v) is 8.77. The third kappa shape index (κ3) is 4.38. The van der Waals surface area contributed by atoms with Crippen molar-refractivity contribution in [3.8, 4) is 22.9 Å². The number of aryl methyl sites for hydroxylation is 1. The molecule has 0 aliphatic carbocycles. The number of hydrogen-bond acceptors (Lipinski definition) is 4. The van der Waals surface area contributed by atoms with E-state index in [1.807, 2.05) is 30.3 Å². The molecule has 0 atom stereocenters. The third-order valence-corrected chi connectivity index (χ3v) is 5.45. The molecule has 0 saturated carbocycles. The maximum absolute atomic E-state index is 6.27. The highest BCUT2D eigenvalue weighted by atomic mass is 16.5. The molecule has 0 radical (unpaired) electrons. The van der Waals surface area contributed by atoms with Gasteiger partial charge >= 0.3 is 0 Å². The molecule has 158 valence electrons. The van der Waals surface area contributed by atoms with Crippen molar-refractivity contribution in [1.82, 2.24) is 9.97 Å². The van der Waals surface area contributed by atoms with Gasteiger partial charge in [0.25, 0.3) is 0 Å². The van der Waals surface area contributed by atoms with Gasteiger partial charge < -0.3 is 9.47 Å². The van der Waals surface area contributed by atoms with Gasteiger partial charge in [0.15, 0.2) is 0 Å². The highest BCUT2D eigenvalue weighted by Crippen LogP contribution is 2.37. The highest BCUT2D eigenvalue weighted by molar-refractivity contribution is 5.92. The molecule has 4 heteroatoms. The summed E-state index contributed by atoms with van der Waals surface area (Å²) in [4.78, 5) is 9.28. The molecule has 0 amide bonds. The number of nitrogens with zero attached hydrogens (tertiary/aromatic N) is 2. The summed E-state index contributed by atoms with van der Waals surface area (Å²) in [7, 11) is 1.62. The third-order valence-electron chi connectivity index (χ3n) is 5.45. The Morgan fingerprint density at radius 3 is 2.39 bits per heavy atom. The molecule has 31 heavy (non-hydrogen) atoms. The Morgan fingerprint density at radius 1 is 0.935 bits per heavy atom. The van der Waals surface area contributed by atoms with Crippen molar-refractivity contribution in [1.29, 1.82) is 0 Å². The van der Waals surface area contributed by atoms with Crippen molar-refractivity contribution >= 4 is 10.9 Å². The van der Waals surface area contributed by atoms with Gasteiger partial charge in [-0.1, -0.05) is 69.3 Å². The molecule has 2 aromatic carbocycles. The van der Waals surface area contributed by atoms with E-state index in [2.05, 4.69) is 63.0 Å². The first-order valence-corrected chi connectivity index (χ1v) is 10.5. The van der Waals surface area contributed by atoms with E-state index in [1.54, 1.807) is 13.3 Å². The molecule has 0 spiro atoms. The van der Waals surface area contributed by atoms with Crippen LogP contribution in [0, 0.1) is 6.92 Å². The van der Waals surface area contributed by atoms with Crippen LogP contribution >= 0.6 is 0 Å².